The topological polar surface area (TPSA) is 75.4 Å². The second-order valence-electron chi connectivity index (χ2n) is 5.83. The molecule has 1 aromatic carbocycles. The van der Waals surface area contributed by atoms with Crippen LogP contribution in [0.4, 0.5) is 11.4 Å². The van der Waals surface area contributed by atoms with Crippen LogP contribution >= 0.6 is 0 Å². The Morgan fingerprint density at radius 1 is 1.29 bits per heavy atom. The zero-order valence-electron chi connectivity index (χ0n) is 13.6. The molecule has 21 heavy (non-hydrogen) atoms. The lowest BCUT2D eigenvalue weighted by Crippen LogP contribution is -2.23. The van der Waals surface area contributed by atoms with Crippen molar-refractivity contribution < 1.29 is 8.42 Å². The summed E-state index contributed by atoms with van der Waals surface area (Å²) in [4.78, 5) is 0.250. The van der Waals surface area contributed by atoms with Crippen molar-refractivity contribution in [2.75, 3.05) is 25.1 Å². The minimum atomic E-state index is -3.44. The van der Waals surface area contributed by atoms with Crippen molar-refractivity contribution in [3.8, 4) is 0 Å². The fraction of sp³-hybridized carbons (Fsp3) is 0.600. The Balaban J connectivity index is 2.99. The molecule has 2 atom stereocenters. The summed E-state index contributed by atoms with van der Waals surface area (Å²) in [5.74, 6) is 0.613. The molecule has 0 saturated carbocycles. The number of sulfonamides is 1. The Kier molecular flexibility index (Phi) is 6.04. The maximum absolute atomic E-state index is 12.2. The van der Waals surface area contributed by atoms with E-state index in [0.717, 1.165) is 12.8 Å². The van der Waals surface area contributed by atoms with E-state index in [4.69, 9.17) is 5.73 Å². The maximum Gasteiger partial charge on any atom is 0.242 e. The SMILES string of the molecule is CCC(C)CC(C)Nc1cc(S(=O)(=O)N(C)C)ccc1N. The molecule has 0 aliphatic carbocycles. The predicted molar refractivity (Wildman–Crippen MR) is 88.9 cm³/mol. The molecule has 0 amide bonds. The predicted octanol–water partition coefficient (Wildman–Crippen LogP) is 2.76. The monoisotopic (exact) mass is 313 g/mol. The van der Waals surface area contributed by atoms with Crippen LogP contribution in [-0.2, 0) is 10.0 Å². The third-order valence-electron chi connectivity index (χ3n) is 3.66. The smallest absolute Gasteiger partial charge is 0.242 e. The average Bonchev–Trinajstić information content (AvgIpc) is 2.40. The standard InChI is InChI=1S/C15H27N3O2S/c1-6-11(2)9-12(3)17-15-10-13(7-8-14(15)16)21(19,20)18(4)5/h7-8,10-12,17H,6,9,16H2,1-5H3. The molecule has 0 bridgehead atoms. The highest BCUT2D eigenvalue weighted by molar-refractivity contribution is 7.89. The fourth-order valence-electron chi connectivity index (χ4n) is 2.13. The molecule has 0 fully saturated rings. The molecule has 0 aromatic heterocycles. The number of nitrogens with two attached hydrogens (primary N) is 1. The lowest BCUT2D eigenvalue weighted by Gasteiger charge is -2.21. The minimum absolute atomic E-state index is 0.236. The van der Waals surface area contributed by atoms with E-state index in [0.29, 0.717) is 17.3 Å². The first-order valence-electron chi connectivity index (χ1n) is 7.27. The zero-order valence-corrected chi connectivity index (χ0v) is 14.4. The number of rotatable bonds is 7. The number of hydrogen-bond acceptors (Lipinski definition) is 4. The molecule has 0 spiro atoms. The highest BCUT2D eigenvalue weighted by Gasteiger charge is 2.19. The summed E-state index contributed by atoms with van der Waals surface area (Å²) in [5.41, 5.74) is 7.18. The summed E-state index contributed by atoms with van der Waals surface area (Å²) in [5, 5.41) is 3.32. The van der Waals surface area contributed by atoms with Crippen molar-refractivity contribution in [3.63, 3.8) is 0 Å². The van der Waals surface area contributed by atoms with Gasteiger partial charge in [-0.1, -0.05) is 20.3 Å². The number of nitrogen functional groups attached to an aromatic ring is 1. The molecule has 0 radical (unpaired) electrons. The molecule has 1 aromatic rings. The van der Waals surface area contributed by atoms with Gasteiger partial charge in [-0.3, -0.25) is 0 Å². The van der Waals surface area contributed by atoms with E-state index >= 15 is 0 Å². The highest BCUT2D eigenvalue weighted by Crippen LogP contribution is 2.26. The van der Waals surface area contributed by atoms with E-state index in [1.54, 1.807) is 12.1 Å². The second-order valence-corrected chi connectivity index (χ2v) is 7.98. The Morgan fingerprint density at radius 3 is 2.43 bits per heavy atom. The molecule has 0 saturated heterocycles. The molecule has 3 N–H and O–H groups in total. The van der Waals surface area contributed by atoms with Crippen molar-refractivity contribution in [1.29, 1.82) is 0 Å². The molecular weight excluding hydrogens is 286 g/mol. The van der Waals surface area contributed by atoms with E-state index in [9.17, 15) is 8.42 Å². The molecular formula is C15H27N3O2S. The first-order chi connectivity index (χ1) is 9.68. The fourth-order valence-corrected chi connectivity index (χ4v) is 3.05. The zero-order chi connectivity index (χ0) is 16.2. The minimum Gasteiger partial charge on any atom is -0.397 e. The summed E-state index contributed by atoms with van der Waals surface area (Å²) < 4.78 is 25.5. The van der Waals surface area contributed by atoms with E-state index in [-0.39, 0.29) is 10.9 Å². The number of nitrogens with zero attached hydrogens (tertiary/aromatic N) is 1. The van der Waals surface area contributed by atoms with Gasteiger partial charge in [0.05, 0.1) is 16.3 Å². The Labute approximate surface area is 128 Å². The first kappa shape index (κ1) is 17.8. The quantitative estimate of drug-likeness (QED) is 0.759. The van der Waals surface area contributed by atoms with Crippen LogP contribution in [0, 0.1) is 5.92 Å². The van der Waals surface area contributed by atoms with Crippen LogP contribution < -0.4 is 11.1 Å². The van der Waals surface area contributed by atoms with Crippen LogP contribution in [0.25, 0.3) is 0 Å². The van der Waals surface area contributed by atoms with Crippen molar-refractivity contribution in [2.45, 2.75) is 44.6 Å². The molecule has 5 nitrogen and oxygen atoms in total. The highest BCUT2D eigenvalue weighted by atomic mass is 32.2. The van der Waals surface area contributed by atoms with Gasteiger partial charge in [-0.15, -0.1) is 0 Å². The summed E-state index contributed by atoms with van der Waals surface area (Å²) >= 11 is 0. The third-order valence-corrected chi connectivity index (χ3v) is 5.47. The van der Waals surface area contributed by atoms with E-state index in [1.165, 1.54) is 24.5 Å². The van der Waals surface area contributed by atoms with Gasteiger partial charge in [0.1, 0.15) is 0 Å². The largest absolute Gasteiger partial charge is 0.397 e. The summed E-state index contributed by atoms with van der Waals surface area (Å²) in [7, 11) is -0.405. The molecule has 0 heterocycles. The van der Waals surface area contributed by atoms with Gasteiger partial charge in [-0.2, -0.15) is 0 Å². The molecule has 1 rings (SSSR count). The van der Waals surface area contributed by atoms with Gasteiger partial charge in [0, 0.05) is 20.1 Å². The summed E-state index contributed by atoms with van der Waals surface area (Å²) in [6, 6.07) is 5.02. The third kappa shape index (κ3) is 4.61. The number of nitrogens with one attached hydrogen (secondary N) is 1. The van der Waals surface area contributed by atoms with Crippen molar-refractivity contribution >= 4 is 21.4 Å². The van der Waals surface area contributed by atoms with Gasteiger partial charge in [-0.25, -0.2) is 12.7 Å². The Bertz CT molecular complexity index is 570. The lowest BCUT2D eigenvalue weighted by molar-refractivity contribution is 0.484. The summed E-state index contributed by atoms with van der Waals surface area (Å²) in [6.07, 6.45) is 2.14. The van der Waals surface area contributed by atoms with Crippen molar-refractivity contribution in [2.24, 2.45) is 5.92 Å². The molecule has 0 aliphatic heterocycles. The molecule has 2 unspecified atom stereocenters. The Hall–Kier alpha value is -1.27. The number of benzene rings is 1. The van der Waals surface area contributed by atoms with Gasteiger partial charge < -0.3 is 11.1 Å². The Morgan fingerprint density at radius 2 is 1.90 bits per heavy atom. The van der Waals surface area contributed by atoms with Crippen LogP contribution in [0.2, 0.25) is 0 Å². The first-order valence-corrected chi connectivity index (χ1v) is 8.71. The lowest BCUT2D eigenvalue weighted by atomic mass is 10.0. The number of anilines is 2. The maximum atomic E-state index is 12.2. The van der Waals surface area contributed by atoms with E-state index in [1.807, 2.05) is 0 Å². The van der Waals surface area contributed by atoms with Gasteiger partial charge in [0.15, 0.2) is 0 Å². The van der Waals surface area contributed by atoms with Gasteiger partial charge in [0.2, 0.25) is 10.0 Å². The van der Waals surface area contributed by atoms with Crippen LogP contribution in [-0.4, -0.2) is 32.9 Å². The van der Waals surface area contributed by atoms with E-state index in [2.05, 4.69) is 26.1 Å². The number of hydrogen-bond donors (Lipinski definition) is 2. The van der Waals surface area contributed by atoms with Gasteiger partial charge in [0.25, 0.3) is 0 Å². The van der Waals surface area contributed by atoms with Crippen molar-refractivity contribution in [1.82, 2.24) is 4.31 Å². The second kappa shape index (κ2) is 7.13. The van der Waals surface area contributed by atoms with E-state index < -0.39 is 10.0 Å². The van der Waals surface area contributed by atoms with Crippen molar-refractivity contribution in [3.05, 3.63) is 18.2 Å². The van der Waals surface area contributed by atoms with Crippen LogP contribution in [0.15, 0.2) is 23.1 Å². The average molecular weight is 313 g/mol. The van der Waals surface area contributed by atoms with Crippen LogP contribution in [0.1, 0.15) is 33.6 Å². The molecule has 0 aliphatic rings. The van der Waals surface area contributed by atoms with Gasteiger partial charge >= 0.3 is 0 Å². The van der Waals surface area contributed by atoms with Gasteiger partial charge in [-0.05, 0) is 37.5 Å². The molecule has 6 heteroatoms. The van der Waals surface area contributed by atoms with Crippen LogP contribution in [0.3, 0.4) is 0 Å². The molecule has 120 valence electrons. The summed E-state index contributed by atoms with van der Waals surface area (Å²) in [6.45, 7) is 6.45. The van der Waals surface area contributed by atoms with Crippen LogP contribution in [0.5, 0.6) is 0 Å². The normalized spacial score (nSPS) is 15.0.